The molecule has 0 aliphatic carbocycles. The van der Waals surface area contributed by atoms with Crippen LogP contribution in [0, 0.1) is 6.92 Å². The number of carbonyl (C=O) groups is 2. The predicted octanol–water partition coefficient (Wildman–Crippen LogP) is 1.81. The molecular formula is C23H27N5O2. The summed E-state index contributed by atoms with van der Waals surface area (Å²) in [4.78, 5) is 31.2. The molecule has 0 saturated carbocycles. The molecule has 30 heavy (non-hydrogen) atoms. The van der Waals surface area contributed by atoms with Crippen molar-refractivity contribution in [3.8, 4) is 0 Å². The molecule has 0 saturated heterocycles. The smallest absolute Gasteiger partial charge is 0.288 e. The van der Waals surface area contributed by atoms with Gasteiger partial charge in [-0.3, -0.25) is 24.9 Å². The van der Waals surface area contributed by atoms with E-state index in [1.165, 1.54) is 16.1 Å². The highest BCUT2D eigenvalue weighted by molar-refractivity contribution is 6.39. The van der Waals surface area contributed by atoms with E-state index in [1.807, 2.05) is 31.2 Å². The Bertz CT molecular complexity index is 954. The molecule has 7 nitrogen and oxygen atoms in total. The summed E-state index contributed by atoms with van der Waals surface area (Å²) < 4.78 is 0. The van der Waals surface area contributed by atoms with Crippen molar-refractivity contribution in [2.75, 3.05) is 31.2 Å². The number of benzene rings is 2. The zero-order chi connectivity index (χ0) is 20.9. The summed E-state index contributed by atoms with van der Waals surface area (Å²) in [5.74, 6) is -0.313. The fourth-order valence-corrected chi connectivity index (χ4v) is 3.78. The number of aryl methyl sites for hydroxylation is 1. The summed E-state index contributed by atoms with van der Waals surface area (Å²) in [6, 6.07) is 16.1. The Morgan fingerprint density at radius 1 is 1.13 bits per heavy atom. The van der Waals surface area contributed by atoms with E-state index in [1.54, 1.807) is 0 Å². The van der Waals surface area contributed by atoms with Crippen LogP contribution in [0.2, 0.25) is 0 Å². The van der Waals surface area contributed by atoms with Crippen molar-refractivity contribution >= 4 is 23.3 Å². The SMILES string of the molecule is Cc1ccc(N2NC(C(=O)NCCCN3CCc4ccccc4C3)=NCC2=O)cc1. The number of nitrogens with zero attached hydrogens (tertiary/aromatic N) is 3. The van der Waals surface area contributed by atoms with Crippen LogP contribution in [0.5, 0.6) is 0 Å². The number of hydrazine groups is 1. The number of hydrogen-bond acceptors (Lipinski definition) is 5. The Morgan fingerprint density at radius 2 is 1.90 bits per heavy atom. The average molecular weight is 406 g/mol. The molecule has 0 atom stereocenters. The first-order chi connectivity index (χ1) is 14.6. The average Bonchev–Trinajstić information content (AvgIpc) is 2.77. The fraction of sp³-hybridized carbons (Fsp3) is 0.348. The number of fused-ring (bicyclic) bond motifs is 1. The Labute approximate surface area is 176 Å². The lowest BCUT2D eigenvalue weighted by molar-refractivity contribution is -0.118. The van der Waals surface area contributed by atoms with Gasteiger partial charge >= 0.3 is 0 Å². The molecule has 0 bridgehead atoms. The second kappa shape index (κ2) is 9.09. The van der Waals surface area contributed by atoms with Gasteiger partial charge in [0.25, 0.3) is 11.8 Å². The molecule has 0 radical (unpaired) electrons. The van der Waals surface area contributed by atoms with Crippen LogP contribution >= 0.6 is 0 Å². The molecule has 0 aromatic heterocycles. The largest absolute Gasteiger partial charge is 0.349 e. The maximum atomic E-state index is 12.5. The molecule has 2 heterocycles. The molecule has 2 amide bonds. The molecule has 0 unspecified atom stereocenters. The highest BCUT2D eigenvalue weighted by Gasteiger charge is 2.25. The highest BCUT2D eigenvalue weighted by atomic mass is 16.2. The van der Waals surface area contributed by atoms with Crippen LogP contribution in [0.1, 0.15) is 23.1 Å². The van der Waals surface area contributed by atoms with Gasteiger partial charge in [0.15, 0.2) is 0 Å². The van der Waals surface area contributed by atoms with E-state index in [0.29, 0.717) is 12.2 Å². The van der Waals surface area contributed by atoms with Gasteiger partial charge in [0, 0.05) is 26.2 Å². The highest BCUT2D eigenvalue weighted by Crippen LogP contribution is 2.18. The standard InChI is InChI=1S/C23H27N5O2/c1-17-7-9-20(10-8-17)28-21(29)15-25-22(26-28)23(30)24-12-4-13-27-14-11-18-5-2-3-6-19(18)16-27/h2-3,5-10H,4,11-16H2,1H3,(H,24,30)(H,25,26). The minimum atomic E-state index is -0.288. The van der Waals surface area contributed by atoms with Gasteiger partial charge in [-0.25, -0.2) is 5.01 Å². The van der Waals surface area contributed by atoms with Crippen LogP contribution in [-0.4, -0.2) is 48.7 Å². The predicted molar refractivity (Wildman–Crippen MR) is 117 cm³/mol. The summed E-state index contributed by atoms with van der Waals surface area (Å²) in [5, 5.41) is 4.29. The van der Waals surface area contributed by atoms with E-state index >= 15 is 0 Å². The Balaban J connectivity index is 1.24. The number of rotatable bonds is 6. The van der Waals surface area contributed by atoms with Crippen LogP contribution in [0.15, 0.2) is 53.5 Å². The number of carbonyl (C=O) groups excluding carboxylic acids is 2. The van der Waals surface area contributed by atoms with Crippen molar-refractivity contribution < 1.29 is 9.59 Å². The van der Waals surface area contributed by atoms with Gasteiger partial charge in [-0.2, -0.15) is 0 Å². The van der Waals surface area contributed by atoms with Crippen molar-refractivity contribution in [2.45, 2.75) is 26.3 Å². The molecule has 4 rings (SSSR count). The number of amides is 2. The lowest BCUT2D eigenvalue weighted by atomic mass is 10.00. The lowest BCUT2D eigenvalue weighted by Crippen LogP contribution is -2.55. The molecular weight excluding hydrogens is 378 g/mol. The Hall–Kier alpha value is -3.19. The van der Waals surface area contributed by atoms with Crippen LogP contribution < -0.4 is 15.8 Å². The van der Waals surface area contributed by atoms with E-state index in [9.17, 15) is 9.59 Å². The van der Waals surface area contributed by atoms with Crippen molar-refractivity contribution in [3.63, 3.8) is 0 Å². The van der Waals surface area contributed by atoms with E-state index in [4.69, 9.17) is 0 Å². The summed E-state index contributed by atoms with van der Waals surface area (Å²) in [6.45, 7) is 5.45. The van der Waals surface area contributed by atoms with Gasteiger partial charge in [0.1, 0.15) is 6.54 Å². The molecule has 2 aliphatic rings. The van der Waals surface area contributed by atoms with Gasteiger partial charge in [-0.15, -0.1) is 0 Å². The molecule has 156 valence electrons. The Kier molecular flexibility index (Phi) is 6.09. The molecule has 2 N–H and O–H groups in total. The second-order valence-corrected chi connectivity index (χ2v) is 7.75. The van der Waals surface area contributed by atoms with Crippen LogP contribution in [0.3, 0.4) is 0 Å². The minimum absolute atomic E-state index is 0.0448. The minimum Gasteiger partial charge on any atom is -0.349 e. The maximum Gasteiger partial charge on any atom is 0.288 e. The topological polar surface area (TPSA) is 77.0 Å². The molecule has 2 aromatic carbocycles. The molecule has 7 heteroatoms. The Morgan fingerprint density at radius 3 is 2.70 bits per heavy atom. The number of nitrogens with one attached hydrogen (secondary N) is 2. The van der Waals surface area contributed by atoms with Gasteiger partial charge < -0.3 is 5.32 Å². The fourth-order valence-electron chi connectivity index (χ4n) is 3.78. The van der Waals surface area contributed by atoms with Gasteiger partial charge in [-0.1, -0.05) is 42.0 Å². The summed E-state index contributed by atoms with van der Waals surface area (Å²) in [7, 11) is 0. The van der Waals surface area contributed by atoms with Gasteiger partial charge in [-0.05, 0) is 43.0 Å². The van der Waals surface area contributed by atoms with Crippen molar-refractivity contribution in [1.29, 1.82) is 0 Å². The zero-order valence-electron chi connectivity index (χ0n) is 17.2. The summed E-state index contributed by atoms with van der Waals surface area (Å²) in [5.41, 5.74) is 7.48. The van der Waals surface area contributed by atoms with Crippen LogP contribution in [-0.2, 0) is 22.6 Å². The van der Waals surface area contributed by atoms with Crippen LogP contribution in [0.4, 0.5) is 5.69 Å². The number of amidine groups is 1. The quantitative estimate of drug-likeness (QED) is 0.719. The molecule has 2 aromatic rings. The summed E-state index contributed by atoms with van der Waals surface area (Å²) in [6.07, 6.45) is 1.94. The van der Waals surface area contributed by atoms with Crippen molar-refractivity contribution in [2.24, 2.45) is 4.99 Å². The van der Waals surface area contributed by atoms with Crippen LogP contribution in [0.25, 0.3) is 0 Å². The first-order valence-electron chi connectivity index (χ1n) is 10.4. The van der Waals surface area contributed by atoms with E-state index in [0.717, 1.165) is 38.0 Å². The molecule has 0 fully saturated rings. The number of anilines is 1. The van der Waals surface area contributed by atoms with E-state index < -0.39 is 0 Å². The van der Waals surface area contributed by atoms with Crippen molar-refractivity contribution in [3.05, 3.63) is 65.2 Å². The molecule has 2 aliphatic heterocycles. The third-order valence-electron chi connectivity index (χ3n) is 5.49. The molecule has 0 spiro atoms. The lowest BCUT2D eigenvalue weighted by Gasteiger charge is -2.29. The normalized spacial score (nSPS) is 16.5. The zero-order valence-corrected chi connectivity index (χ0v) is 17.2. The van der Waals surface area contributed by atoms with E-state index in [2.05, 4.69) is 44.9 Å². The number of aliphatic imine (C=N–C) groups is 1. The van der Waals surface area contributed by atoms with Gasteiger partial charge in [0.05, 0.1) is 5.69 Å². The monoisotopic (exact) mass is 405 g/mol. The second-order valence-electron chi connectivity index (χ2n) is 7.75. The van der Waals surface area contributed by atoms with Crippen molar-refractivity contribution in [1.82, 2.24) is 15.6 Å². The third-order valence-corrected chi connectivity index (χ3v) is 5.49. The third kappa shape index (κ3) is 4.68. The van der Waals surface area contributed by atoms with Gasteiger partial charge in [0.2, 0.25) is 5.84 Å². The first kappa shape index (κ1) is 20.1. The maximum absolute atomic E-state index is 12.5. The van der Waals surface area contributed by atoms with E-state index in [-0.39, 0.29) is 24.2 Å². The summed E-state index contributed by atoms with van der Waals surface area (Å²) >= 11 is 0. The first-order valence-corrected chi connectivity index (χ1v) is 10.4. The number of hydrogen-bond donors (Lipinski definition) is 2.